The molecule has 0 aliphatic heterocycles. The Morgan fingerprint density at radius 1 is 1.64 bits per heavy atom. The van der Waals surface area contributed by atoms with E-state index in [1.54, 1.807) is 0 Å². The molecule has 1 heterocycles. The van der Waals surface area contributed by atoms with Gasteiger partial charge in [-0.3, -0.25) is 4.79 Å². The van der Waals surface area contributed by atoms with E-state index in [9.17, 15) is 4.79 Å². The molecule has 4 nitrogen and oxygen atoms in total. The van der Waals surface area contributed by atoms with Crippen molar-refractivity contribution in [3.8, 4) is 0 Å². The highest BCUT2D eigenvalue weighted by Gasteiger charge is 2.03. The van der Waals surface area contributed by atoms with E-state index in [1.165, 1.54) is 11.3 Å². The van der Waals surface area contributed by atoms with Crippen LogP contribution in [0, 0.1) is 6.92 Å². The van der Waals surface area contributed by atoms with Gasteiger partial charge >= 0.3 is 0 Å². The summed E-state index contributed by atoms with van der Waals surface area (Å²) in [6.07, 6.45) is 1.03. The molecule has 1 aromatic heterocycles. The quantitative estimate of drug-likeness (QED) is 0.727. The molecular formula is C9H15N3OS. The van der Waals surface area contributed by atoms with E-state index in [4.69, 9.17) is 0 Å². The van der Waals surface area contributed by atoms with Crippen molar-refractivity contribution in [1.29, 1.82) is 0 Å². The first kappa shape index (κ1) is 11.1. The molecule has 0 aromatic carbocycles. The lowest BCUT2D eigenvalue weighted by Crippen LogP contribution is -2.28. The summed E-state index contributed by atoms with van der Waals surface area (Å²) in [5, 5.41) is 8.34. The van der Waals surface area contributed by atoms with Crippen LogP contribution in [0.3, 0.4) is 0 Å². The van der Waals surface area contributed by atoms with E-state index in [1.807, 2.05) is 12.3 Å². The summed E-state index contributed by atoms with van der Waals surface area (Å²) in [4.78, 5) is 15.4. The lowest BCUT2D eigenvalue weighted by molar-refractivity contribution is -0.115. The van der Waals surface area contributed by atoms with Crippen molar-refractivity contribution in [2.75, 3.05) is 18.4 Å². The molecule has 0 fully saturated rings. The number of carbonyl (C=O) groups excluding carboxylic acids is 1. The zero-order valence-corrected chi connectivity index (χ0v) is 9.28. The highest BCUT2D eigenvalue weighted by molar-refractivity contribution is 7.13. The molecule has 0 unspecified atom stereocenters. The van der Waals surface area contributed by atoms with Crippen LogP contribution < -0.4 is 10.6 Å². The predicted molar refractivity (Wildman–Crippen MR) is 58.6 cm³/mol. The molecule has 5 heteroatoms. The van der Waals surface area contributed by atoms with Crippen LogP contribution in [0.4, 0.5) is 5.13 Å². The number of nitrogens with zero attached hydrogens (tertiary/aromatic N) is 1. The van der Waals surface area contributed by atoms with Gasteiger partial charge in [0.2, 0.25) is 5.91 Å². The number of nitrogens with one attached hydrogen (secondary N) is 2. The van der Waals surface area contributed by atoms with Gasteiger partial charge in [0.15, 0.2) is 5.13 Å². The molecule has 0 aliphatic carbocycles. The SMILES string of the molecule is CCCNCC(=O)Nc1nc(C)cs1. The molecule has 1 amide bonds. The van der Waals surface area contributed by atoms with Gasteiger partial charge < -0.3 is 10.6 Å². The molecule has 0 saturated heterocycles. The summed E-state index contributed by atoms with van der Waals surface area (Å²) in [6, 6.07) is 0. The van der Waals surface area contributed by atoms with Gasteiger partial charge in [-0.25, -0.2) is 4.98 Å². The van der Waals surface area contributed by atoms with Crippen molar-refractivity contribution in [3.05, 3.63) is 11.1 Å². The number of amides is 1. The Balaban J connectivity index is 2.27. The fourth-order valence-corrected chi connectivity index (χ4v) is 1.66. The fraction of sp³-hybridized carbons (Fsp3) is 0.556. The number of rotatable bonds is 5. The highest BCUT2D eigenvalue weighted by atomic mass is 32.1. The fourth-order valence-electron chi connectivity index (χ4n) is 0.954. The molecule has 1 aromatic rings. The van der Waals surface area contributed by atoms with Crippen molar-refractivity contribution in [2.24, 2.45) is 0 Å². The van der Waals surface area contributed by atoms with Crippen molar-refractivity contribution in [1.82, 2.24) is 10.3 Å². The Kier molecular flexibility index (Phi) is 4.55. The highest BCUT2D eigenvalue weighted by Crippen LogP contribution is 2.13. The minimum atomic E-state index is -0.0344. The van der Waals surface area contributed by atoms with Crippen molar-refractivity contribution < 1.29 is 4.79 Å². The van der Waals surface area contributed by atoms with Gasteiger partial charge in [0.05, 0.1) is 12.2 Å². The lowest BCUT2D eigenvalue weighted by atomic mass is 10.4. The van der Waals surface area contributed by atoms with Crippen LogP contribution in [0.1, 0.15) is 19.0 Å². The molecule has 0 bridgehead atoms. The van der Waals surface area contributed by atoms with Crippen LogP contribution in [-0.2, 0) is 4.79 Å². The van der Waals surface area contributed by atoms with E-state index in [-0.39, 0.29) is 5.91 Å². The number of hydrogen-bond donors (Lipinski definition) is 2. The first-order valence-corrected chi connectivity index (χ1v) is 5.53. The number of aromatic nitrogens is 1. The van der Waals surface area contributed by atoms with Gasteiger partial charge in [0.25, 0.3) is 0 Å². The third kappa shape index (κ3) is 3.85. The maximum atomic E-state index is 11.3. The van der Waals surface area contributed by atoms with E-state index >= 15 is 0 Å². The van der Waals surface area contributed by atoms with Gasteiger partial charge in [-0.15, -0.1) is 11.3 Å². The van der Waals surface area contributed by atoms with Crippen LogP contribution >= 0.6 is 11.3 Å². The van der Waals surface area contributed by atoms with Crippen molar-refractivity contribution in [2.45, 2.75) is 20.3 Å². The Labute approximate surface area is 87.7 Å². The van der Waals surface area contributed by atoms with Gasteiger partial charge in [0, 0.05) is 5.38 Å². The van der Waals surface area contributed by atoms with Crippen molar-refractivity contribution in [3.63, 3.8) is 0 Å². The summed E-state index contributed by atoms with van der Waals surface area (Å²) in [5.74, 6) is -0.0344. The van der Waals surface area contributed by atoms with E-state index in [0.29, 0.717) is 11.7 Å². The number of carbonyl (C=O) groups is 1. The molecule has 0 saturated carbocycles. The average molecular weight is 213 g/mol. The van der Waals surface area contributed by atoms with Crippen LogP contribution in [0.15, 0.2) is 5.38 Å². The molecule has 2 N–H and O–H groups in total. The average Bonchev–Trinajstić information content (AvgIpc) is 2.52. The minimum Gasteiger partial charge on any atom is -0.308 e. The Morgan fingerprint density at radius 3 is 3.00 bits per heavy atom. The zero-order chi connectivity index (χ0) is 10.4. The topological polar surface area (TPSA) is 54.0 Å². The summed E-state index contributed by atoms with van der Waals surface area (Å²) >= 11 is 1.45. The summed E-state index contributed by atoms with van der Waals surface area (Å²) in [6.45, 7) is 5.19. The molecule has 0 atom stereocenters. The van der Waals surface area contributed by atoms with Gasteiger partial charge in [-0.05, 0) is 19.9 Å². The van der Waals surface area contributed by atoms with Crippen LogP contribution in [0.25, 0.3) is 0 Å². The van der Waals surface area contributed by atoms with Crippen LogP contribution in [0.2, 0.25) is 0 Å². The monoisotopic (exact) mass is 213 g/mol. The molecule has 78 valence electrons. The molecule has 1 rings (SSSR count). The minimum absolute atomic E-state index is 0.0344. The molecular weight excluding hydrogens is 198 g/mol. The molecule has 0 aliphatic rings. The largest absolute Gasteiger partial charge is 0.308 e. The number of anilines is 1. The third-order valence-corrected chi connectivity index (χ3v) is 2.45. The van der Waals surface area contributed by atoms with Gasteiger partial charge in [-0.1, -0.05) is 6.92 Å². The summed E-state index contributed by atoms with van der Waals surface area (Å²) in [7, 11) is 0. The molecule has 0 radical (unpaired) electrons. The lowest BCUT2D eigenvalue weighted by Gasteiger charge is -2.02. The smallest absolute Gasteiger partial charge is 0.240 e. The second kappa shape index (κ2) is 5.72. The maximum Gasteiger partial charge on any atom is 0.240 e. The maximum absolute atomic E-state index is 11.3. The van der Waals surface area contributed by atoms with E-state index < -0.39 is 0 Å². The summed E-state index contributed by atoms with van der Waals surface area (Å²) in [5.41, 5.74) is 0.937. The number of aryl methyl sites for hydroxylation is 1. The first-order chi connectivity index (χ1) is 6.72. The predicted octanol–water partition coefficient (Wildman–Crippen LogP) is 1.39. The molecule has 0 spiro atoms. The van der Waals surface area contributed by atoms with Gasteiger partial charge in [-0.2, -0.15) is 0 Å². The van der Waals surface area contributed by atoms with E-state index in [0.717, 1.165) is 18.7 Å². The second-order valence-corrected chi connectivity index (χ2v) is 3.88. The summed E-state index contributed by atoms with van der Waals surface area (Å²) < 4.78 is 0. The Hall–Kier alpha value is -0.940. The van der Waals surface area contributed by atoms with Crippen molar-refractivity contribution >= 4 is 22.4 Å². The Bertz CT molecular complexity index is 298. The standard InChI is InChI=1S/C9H15N3OS/c1-3-4-10-5-8(13)12-9-11-7(2)6-14-9/h6,10H,3-5H2,1-2H3,(H,11,12,13). The second-order valence-electron chi connectivity index (χ2n) is 3.02. The van der Waals surface area contributed by atoms with Gasteiger partial charge in [0.1, 0.15) is 0 Å². The van der Waals surface area contributed by atoms with E-state index in [2.05, 4.69) is 22.5 Å². The first-order valence-electron chi connectivity index (χ1n) is 4.65. The number of thiazole rings is 1. The van der Waals surface area contributed by atoms with Crippen LogP contribution in [0.5, 0.6) is 0 Å². The molecule has 14 heavy (non-hydrogen) atoms. The zero-order valence-electron chi connectivity index (χ0n) is 8.46. The third-order valence-electron chi connectivity index (χ3n) is 1.58. The Morgan fingerprint density at radius 2 is 2.43 bits per heavy atom. The van der Waals surface area contributed by atoms with Crippen LogP contribution in [-0.4, -0.2) is 24.0 Å². The normalized spacial score (nSPS) is 10.1. The number of hydrogen-bond acceptors (Lipinski definition) is 4.